The quantitative estimate of drug-likeness (QED) is 0.747. The minimum Gasteiger partial charge on any atom is -0.465 e. The highest BCUT2D eigenvalue weighted by atomic mass is 35.5. The van der Waals surface area contributed by atoms with Crippen LogP contribution in [0.3, 0.4) is 0 Å². The molecule has 0 aliphatic rings. The summed E-state index contributed by atoms with van der Waals surface area (Å²) in [4.78, 5) is 13.2. The predicted molar refractivity (Wildman–Crippen MR) is 69.0 cm³/mol. The number of halogens is 2. The molecule has 0 radical (unpaired) electrons. The maximum absolute atomic E-state index is 13.6. The third-order valence-corrected chi connectivity index (χ3v) is 2.75. The van der Waals surface area contributed by atoms with Crippen molar-refractivity contribution in [2.24, 2.45) is 0 Å². The fourth-order valence-corrected chi connectivity index (χ4v) is 1.72. The molecule has 1 aromatic carbocycles. The lowest BCUT2D eigenvalue weighted by molar-refractivity contribution is -0.144. The van der Waals surface area contributed by atoms with E-state index in [1.165, 1.54) is 6.07 Å². The zero-order chi connectivity index (χ0) is 13.5. The monoisotopic (exact) mass is 273 g/mol. The Morgan fingerprint density at radius 3 is 2.72 bits per heavy atom. The first kappa shape index (κ1) is 14.9. The summed E-state index contributed by atoms with van der Waals surface area (Å²) in [6, 6.07) is 4.54. The van der Waals surface area contributed by atoms with Crippen LogP contribution in [0.25, 0.3) is 0 Å². The van der Waals surface area contributed by atoms with E-state index in [0.717, 1.165) is 0 Å². The first-order valence-electron chi connectivity index (χ1n) is 5.88. The van der Waals surface area contributed by atoms with Crippen molar-refractivity contribution in [2.45, 2.75) is 20.4 Å². The van der Waals surface area contributed by atoms with E-state index in [1.807, 2.05) is 11.8 Å². The van der Waals surface area contributed by atoms with Crippen molar-refractivity contribution in [3.05, 3.63) is 34.6 Å². The highest BCUT2D eigenvalue weighted by Crippen LogP contribution is 2.16. The molecule has 5 heteroatoms. The number of likely N-dealkylation sites (N-methyl/N-ethyl adjacent to an activating group) is 1. The van der Waals surface area contributed by atoms with Crippen molar-refractivity contribution in [3.63, 3.8) is 0 Å². The number of benzene rings is 1. The van der Waals surface area contributed by atoms with Gasteiger partial charge in [-0.2, -0.15) is 0 Å². The molecule has 0 bridgehead atoms. The van der Waals surface area contributed by atoms with Crippen LogP contribution in [0, 0.1) is 5.82 Å². The van der Waals surface area contributed by atoms with Gasteiger partial charge in [0, 0.05) is 17.1 Å². The second-order valence-corrected chi connectivity index (χ2v) is 4.28. The Kier molecular flexibility index (Phi) is 6.09. The lowest BCUT2D eigenvalue weighted by atomic mass is 10.2. The van der Waals surface area contributed by atoms with Crippen LogP contribution in [0.5, 0.6) is 0 Å². The summed E-state index contributed by atoms with van der Waals surface area (Å²) >= 11 is 5.69. The van der Waals surface area contributed by atoms with E-state index in [0.29, 0.717) is 30.3 Å². The normalized spacial score (nSPS) is 10.7. The summed E-state index contributed by atoms with van der Waals surface area (Å²) in [5, 5.41) is 0.365. The molecule has 1 aromatic rings. The molecule has 0 saturated heterocycles. The van der Waals surface area contributed by atoms with E-state index in [2.05, 4.69) is 0 Å². The van der Waals surface area contributed by atoms with Crippen molar-refractivity contribution >= 4 is 17.6 Å². The SMILES string of the molecule is CCOC(=O)CN(CC)Cc1ccc(Cl)cc1F. The highest BCUT2D eigenvalue weighted by molar-refractivity contribution is 6.30. The average molecular weight is 274 g/mol. The van der Waals surface area contributed by atoms with Crippen LogP contribution < -0.4 is 0 Å². The molecular formula is C13H17ClFNO2. The van der Waals surface area contributed by atoms with Crippen LogP contribution >= 0.6 is 11.6 Å². The van der Waals surface area contributed by atoms with Gasteiger partial charge in [-0.3, -0.25) is 9.69 Å². The molecule has 3 nitrogen and oxygen atoms in total. The maximum Gasteiger partial charge on any atom is 0.320 e. The van der Waals surface area contributed by atoms with Gasteiger partial charge in [-0.15, -0.1) is 0 Å². The summed E-state index contributed by atoms with van der Waals surface area (Å²) in [7, 11) is 0. The van der Waals surface area contributed by atoms with Gasteiger partial charge >= 0.3 is 5.97 Å². The number of carbonyl (C=O) groups is 1. The summed E-state index contributed by atoms with van der Waals surface area (Å²) in [6.07, 6.45) is 0. The molecule has 0 amide bonds. The summed E-state index contributed by atoms with van der Waals surface area (Å²) in [5.74, 6) is -0.654. The van der Waals surface area contributed by atoms with Crippen LogP contribution in [0.15, 0.2) is 18.2 Å². The Hall–Kier alpha value is -1.13. The van der Waals surface area contributed by atoms with E-state index in [1.54, 1.807) is 19.1 Å². The molecule has 1 rings (SSSR count). The van der Waals surface area contributed by atoms with Gasteiger partial charge in [-0.25, -0.2) is 4.39 Å². The molecule has 0 spiro atoms. The first-order valence-corrected chi connectivity index (χ1v) is 6.26. The summed E-state index contributed by atoms with van der Waals surface area (Å²) in [6.45, 7) is 5.18. The largest absolute Gasteiger partial charge is 0.465 e. The number of hydrogen-bond donors (Lipinski definition) is 0. The Morgan fingerprint density at radius 1 is 1.44 bits per heavy atom. The molecule has 0 fully saturated rings. The van der Waals surface area contributed by atoms with Gasteiger partial charge in [0.2, 0.25) is 0 Å². The van der Waals surface area contributed by atoms with E-state index < -0.39 is 0 Å². The minimum absolute atomic E-state index is 0.159. The predicted octanol–water partition coefficient (Wildman–Crippen LogP) is 2.86. The number of carbonyl (C=O) groups excluding carboxylic acids is 1. The van der Waals surface area contributed by atoms with Crippen molar-refractivity contribution in [1.82, 2.24) is 4.90 Å². The lowest BCUT2D eigenvalue weighted by Crippen LogP contribution is -2.30. The van der Waals surface area contributed by atoms with Crippen molar-refractivity contribution in [2.75, 3.05) is 19.7 Å². The molecule has 0 N–H and O–H groups in total. The molecule has 18 heavy (non-hydrogen) atoms. The zero-order valence-electron chi connectivity index (χ0n) is 10.6. The summed E-state index contributed by atoms with van der Waals surface area (Å²) in [5.41, 5.74) is 0.519. The molecule has 0 aliphatic carbocycles. The molecule has 0 saturated carbocycles. The fraction of sp³-hybridized carbons (Fsp3) is 0.462. The Morgan fingerprint density at radius 2 is 2.17 bits per heavy atom. The Labute approximate surface area is 111 Å². The molecule has 100 valence electrons. The standard InChI is InChI=1S/C13H17ClFNO2/c1-3-16(9-13(17)18-4-2)8-10-5-6-11(14)7-12(10)15/h5-7H,3-4,8-9H2,1-2H3. The van der Waals surface area contributed by atoms with E-state index in [-0.39, 0.29) is 18.3 Å². The van der Waals surface area contributed by atoms with Gasteiger partial charge in [0.25, 0.3) is 0 Å². The van der Waals surface area contributed by atoms with Crippen LogP contribution in [-0.4, -0.2) is 30.6 Å². The van der Waals surface area contributed by atoms with Crippen LogP contribution in [0.1, 0.15) is 19.4 Å². The fourth-order valence-electron chi connectivity index (χ4n) is 1.56. The highest BCUT2D eigenvalue weighted by Gasteiger charge is 2.12. The van der Waals surface area contributed by atoms with Crippen molar-refractivity contribution < 1.29 is 13.9 Å². The van der Waals surface area contributed by atoms with E-state index in [4.69, 9.17) is 16.3 Å². The molecule has 0 unspecified atom stereocenters. The second kappa shape index (κ2) is 7.34. The number of hydrogen-bond acceptors (Lipinski definition) is 3. The Balaban J connectivity index is 2.65. The third-order valence-electron chi connectivity index (χ3n) is 2.51. The van der Waals surface area contributed by atoms with Crippen LogP contribution in [0.4, 0.5) is 4.39 Å². The second-order valence-electron chi connectivity index (χ2n) is 3.84. The number of esters is 1. The number of ether oxygens (including phenoxy) is 1. The van der Waals surface area contributed by atoms with Gasteiger partial charge in [0.15, 0.2) is 0 Å². The van der Waals surface area contributed by atoms with E-state index in [9.17, 15) is 9.18 Å². The molecule has 0 heterocycles. The van der Waals surface area contributed by atoms with Gasteiger partial charge in [-0.1, -0.05) is 24.6 Å². The van der Waals surface area contributed by atoms with Crippen molar-refractivity contribution in [1.29, 1.82) is 0 Å². The summed E-state index contributed by atoms with van der Waals surface area (Å²) < 4.78 is 18.5. The van der Waals surface area contributed by atoms with E-state index >= 15 is 0 Å². The topological polar surface area (TPSA) is 29.5 Å². The average Bonchev–Trinajstić information content (AvgIpc) is 2.31. The van der Waals surface area contributed by atoms with Crippen LogP contribution in [-0.2, 0) is 16.1 Å². The first-order chi connectivity index (χ1) is 8.56. The number of rotatable bonds is 6. The third kappa shape index (κ3) is 4.63. The molecule has 0 aliphatic heterocycles. The molecular weight excluding hydrogens is 257 g/mol. The molecule has 0 aromatic heterocycles. The minimum atomic E-state index is -0.357. The molecule has 0 atom stereocenters. The van der Waals surface area contributed by atoms with Gasteiger partial charge in [-0.05, 0) is 25.6 Å². The van der Waals surface area contributed by atoms with Crippen molar-refractivity contribution in [3.8, 4) is 0 Å². The van der Waals surface area contributed by atoms with Gasteiger partial charge < -0.3 is 4.74 Å². The Bertz CT molecular complexity index is 412. The smallest absolute Gasteiger partial charge is 0.320 e. The van der Waals surface area contributed by atoms with Crippen LogP contribution in [0.2, 0.25) is 5.02 Å². The maximum atomic E-state index is 13.6. The zero-order valence-corrected chi connectivity index (χ0v) is 11.3. The van der Waals surface area contributed by atoms with Gasteiger partial charge in [0.05, 0.1) is 13.2 Å². The lowest BCUT2D eigenvalue weighted by Gasteiger charge is -2.19. The van der Waals surface area contributed by atoms with Gasteiger partial charge in [0.1, 0.15) is 5.82 Å². The number of nitrogens with zero attached hydrogens (tertiary/aromatic N) is 1.